The topological polar surface area (TPSA) is 109 Å². The lowest BCUT2D eigenvalue weighted by molar-refractivity contribution is -0.118. The SMILES string of the molecule is NC(=O)CCN(Cc1nsnc1-c1c(Cl)cccc1Cl)C(=O)O. The van der Waals surface area contributed by atoms with Crippen molar-refractivity contribution in [1.82, 2.24) is 13.6 Å². The van der Waals surface area contributed by atoms with Crippen LogP contribution in [0.2, 0.25) is 10.0 Å². The number of hydrogen-bond donors (Lipinski definition) is 2. The molecule has 7 nitrogen and oxygen atoms in total. The molecule has 0 bridgehead atoms. The van der Waals surface area contributed by atoms with Crippen LogP contribution in [0.25, 0.3) is 11.3 Å². The van der Waals surface area contributed by atoms with Crippen LogP contribution in [-0.4, -0.2) is 37.3 Å². The molecule has 0 atom stereocenters. The van der Waals surface area contributed by atoms with E-state index in [9.17, 15) is 14.7 Å². The zero-order valence-electron chi connectivity index (χ0n) is 11.7. The lowest BCUT2D eigenvalue weighted by atomic mass is 10.1. The Morgan fingerprint density at radius 1 is 1.26 bits per heavy atom. The van der Waals surface area contributed by atoms with Gasteiger partial charge in [-0.15, -0.1) is 0 Å². The Kier molecular flexibility index (Phi) is 5.75. The van der Waals surface area contributed by atoms with E-state index in [1.165, 1.54) is 0 Å². The van der Waals surface area contributed by atoms with Crippen molar-refractivity contribution < 1.29 is 14.7 Å². The van der Waals surface area contributed by atoms with Crippen molar-refractivity contribution in [3.63, 3.8) is 0 Å². The molecule has 23 heavy (non-hydrogen) atoms. The number of carbonyl (C=O) groups is 2. The number of aromatic nitrogens is 2. The normalized spacial score (nSPS) is 10.5. The molecular formula is C13H12Cl2N4O3S. The summed E-state index contributed by atoms with van der Waals surface area (Å²) in [6.45, 7) is -0.0755. The number of carbonyl (C=O) groups excluding carboxylic acids is 1. The largest absolute Gasteiger partial charge is 0.465 e. The van der Waals surface area contributed by atoms with Crippen LogP contribution in [0.3, 0.4) is 0 Å². The fourth-order valence-electron chi connectivity index (χ4n) is 1.89. The molecule has 1 heterocycles. The van der Waals surface area contributed by atoms with Crippen molar-refractivity contribution in [3.05, 3.63) is 33.9 Å². The molecule has 2 rings (SSSR count). The third-order valence-electron chi connectivity index (χ3n) is 3.00. The van der Waals surface area contributed by atoms with Crippen LogP contribution < -0.4 is 5.73 Å². The first kappa shape index (κ1) is 17.5. The average molecular weight is 375 g/mol. The number of nitrogens with zero attached hydrogens (tertiary/aromatic N) is 3. The van der Waals surface area contributed by atoms with Crippen LogP contribution in [0, 0.1) is 0 Å². The summed E-state index contributed by atoms with van der Waals surface area (Å²) in [6, 6.07) is 5.02. The van der Waals surface area contributed by atoms with Crippen LogP contribution in [0.4, 0.5) is 4.79 Å². The van der Waals surface area contributed by atoms with Crippen LogP contribution in [0.5, 0.6) is 0 Å². The molecule has 0 spiro atoms. The zero-order valence-corrected chi connectivity index (χ0v) is 14.0. The summed E-state index contributed by atoms with van der Waals surface area (Å²) in [5.74, 6) is -0.581. The standard InChI is InChI=1S/C13H12Cl2N4O3S/c14-7-2-1-3-8(15)11(7)12-9(17-23-18-12)6-19(13(21)22)5-4-10(16)20/h1-3H,4-6H2,(H2,16,20)(H,21,22). The van der Waals surface area contributed by atoms with Crippen molar-refractivity contribution in [2.75, 3.05) is 6.54 Å². The van der Waals surface area contributed by atoms with Gasteiger partial charge in [-0.3, -0.25) is 4.79 Å². The van der Waals surface area contributed by atoms with Crippen LogP contribution >= 0.6 is 34.9 Å². The van der Waals surface area contributed by atoms with E-state index in [4.69, 9.17) is 28.9 Å². The maximum Gasteiger partial charge on any atom is 0.407 e. The van der Waals surface area contributed by atoms with E-state index in [0.29, 0.717) is 27.0 Å². The second kappa shape index (κ2) is 7.58. The van der Waals surface area contributed by atoms with Crippen molar-refractivity contribution in [2.45, 2.75) is 13.0 Å². The third kappa shape index (κ3) is 4.31. The molecule has 1 aromatic carbocycles. The fraction of sp³-hybridized carbons (Fsp3) is 0.231. The van der Waals surface area contributed by atoms with Gasteiger partial charge in [-0.05, 0) is 12.1 Å². The Balaban J connectivity index is 2.30. The lowest BCUT2D eigenvalue weighted by Gasteiger charge is -2.17. The highest BCUT2D eigenvalue weighted by atomic mass is 35.5. The van der Waals surface area contributed by atoms with E-state index < -0.39 is 12.0 Å². The number of nitrogens with two attached hydrogens (primary N) is 1. The minimum atomic E-state index is -1.18. The van der Waals surface area contributed by atoms with Crippen molar-refractivity contribution >= 4 is 46.9 Å². The van der Waals surface area contributed by atoms with Crippen molar-refractivity contribution in [1.29, 1.82) is 0 Å². The number of benzene rings is 1. The molecule has 0 saturated heterocycles. The molecule has 0 saturated carbocycles. The van der Waals surface area contributed by atoms with Gasteiger partial charge in [0.1, 0.15) is 11.4 Å². The van der Waals surface area contributed by atoms with E-state index >= 15 is 0 Å². The second-order valence-corrected chi connectivity index (χ2v) is 5.92. The van der Waals surface area contributed by atoms with Gasteiger partial charge in [-0.2, -0.15) is 8.75 Å². The maximum atomic E-state index is 11.3. The van der Waals surface area contributed by atoms with Crippen LogP contribution in [0.15, 0.2) is 18.2 Å². The van der Waals surface area contributed by atoms with Gasteiger partial charge in [0.2, 0.25) is 5.91 Å². The smallest absolute Gasteiger partial charge is 0.407 e. The van der Waals surface area contributed by atoms with Gasteiger partial charge in [0.25, 0.3) is 0 Å². The highest BCUT2D eigenvalue weighted by molar-refractivity contribution is 6.99. The van der Waals surface area contributed by atoms with Gasteiger partial charge >= 0.3 is 6.09 Å². The molecule has 0 fully saturated rings. The first-order chi connectivity index (χ1) is 10.9. The summed E-state index contributed by atoms with van der Waals surface area (Å²) in [5, 5.41) is 10.0. The van der Waals surface area contributed by atoms with Gasteiger partial charge < -0.3 is 15.7 Å². The number of carboxylic acid groups (broad SMARTS) is 1. The average Bonchev–Trinajstić information content (AvgIpc) is 2.90. The third-order valence-corrected chi connectivity index (χ3v) is 4.19. The number of hydrogen-bond acceptors (Lipinski definition) is 5. The summed E-state index contributed by atoms with van der Waals surface area (Å²) in [5.41, 5.74) is 6.40. The Bertz CT molecular complexity index is 718. The van der Waals surface area contributed by atoms with Gasteiger partial charge in [0, 0.05) is 18.5 Å². The molecule has 0 radical (unpaired) electrons. The minimum absolute atomic E-state index is 0.0299. The highest BCUT2D eigenvalue weighted by Crippen LogP contribution is 2.35. The van der Waals surface area contributed by atoms with E-state index in [0.717, 1.165) is 16.6 Å². The van der Waals surface area contributed by atoms with Crippen LogP contribution in [-0.2, 0) is 11.3 Å². The highest BCUT2D eigenvalue weighted by Gasteiger charge is 2.21. The minimum Gasteiger partial charge on any atom is -0.465 e. The maximum absolute atomic E-state index is 11.3. The Morgan fingerprint density at radius 3 is 2.48 bits per heavy atom. The molecule has 0 aliphatic heterocycles. The molecule has 0 unspecified atom stereocenters. The summed E-state index contributed by atoms with van der Waals surface area (Å²) >= 11 is 13.2. The van der Waals surface area contributed by atoms with E-state index in [1.54, 1.807) is 18.2 Å². The van der Waals surface area contributed by atoms with E-state index in [2.05, 4.69) is 8.75 Å². The summed E-state index contributed by atoms with van der Waals surface area (Å²) < 4.78 is 8.28. The van der Waals surface area contributed by atoms with Gasteiger partial charge in [0.05, 0.1) is 28.3 Å². The number of amides is 2. The second-order valence-electron chi connectivity index (χ2n) is 4.58. The Morgan fingerprint density at radius 2 is 1.91 bits per heavy atom. The van der Waals surface area contributed by atoms with E-state index in [1.807, 2.05) is 0 Å². The predicted octanol–water partition coefficient (Wildman–Crippen LogP) is 2.87. The number of halogens is 2. The van der Waals surface area contributed by atoms with Crippen molar-refractivity contribution in [2.24, 2.45) is 5.73 Å². The summed E-state index contributed by atoms with van der Waals surface area (Å²) in [4.78, 5) is 23.2. The molecule has 2 aromatic rings. The Labute approximate surface area is 145 Å². The molecule has 0 aliphatic carbocycles. The lowest BCUT2D eigenvalue weighted by Crippen LogP contribution is -2.32. The predicted molar refractivity (Wildman–Crippen MR) is 87.6 cm³/mol. The fourth-order valence-corrected chi connectivity index (χ4v) is 3.03. The molecule has 2 amide bonds. The molecule has 1 aromatic heterocycles. The Hall–Kier alpha value is -1.90. The monoisotopic (exact) mass is 374 g/mol. The first-order valence-electron chi connectivity index (χ1n) is 6.42. The molecule has 3 N–H and O–H groups in total. The van der Waals surface area contributed by atoms with Crippen molar-refractivity contribution in [3.8, 4) is 11.3 Å². The van der Waals surface area contributed by atoms with Crippen LogP contribution in [0.1, 0.15) is 12.1 Å². The molecule has 0 aliphatic rings. The van der Waals surface area contributed by atoms with E-state index in [-0.39, 0.29) is 19.5 Å². The number of rotatable bonds is 6. The zero-order chi connectivity index (χ0) is 17.0. The molecular weight excluding hydrogens is 363 g/mol. The van der Waals surface area contributed by atoms with Gasteiger partial charge in [-0.25, -0.2) is 4.79 Å². The summed E-state index contributed by atoms with van der Waals surface area (Å²) in [6.07, 6.45) is -1.26. The number of primary amides is 1. The van der Waals surface area contributed by atoms with Gasteiger partial charge in [0.15, 0.2) is 0 Å². The quantitative estimate of drug-likeness (QED) is 0.807. The molecule has 122 valence electrons. The first-order valence-corrected chi connectivity index (χ1v) is 7.90. The summed E-state index contributed by atoms with van der Waals surface area (Å²) in [7, 11) is 0. The molecule has 10 heteroatoms. The van der Waals surface area contributed by atoms with Gasteiger partial charge in [-0.1, -0.05) is 29.3 Å².